The average molecular weight is 391 g/mol. The molecule has 1 fully saturated rings. The molecule has 5 nitrogen and oxygen atoms in total. The van der Waals surface area contributed by atoms with Crippen LogP contribution in [0.4, 0.5) is 4.39 Å². The van der Waals surface area contributed by atoms with Gasteiger partial charge in [-0.2, -0.15) is 0 Å². The molecule has 0 radical (unpaired) electrons. The van der Waals surface area contributed by atoms with Crippen molar-refractivity contribution in [2.45, 2.75) is 18.8 Å². The van der Waals surface area contributed by atoms with Gasteiger partial charge in [-0.05, 0) is 37.1 Å². The lowest BCUT2D eigenvalue weighted by Gasteiger charge is -2.32. The fourth-order valence-electron chi connectivity index (χ4n) is 3.71. The Bertz CT molecular complexity index is 1010. The maximum absolute atomic E-state index is 14.0. The number of methoxy groups -OCH3 is 1. The van der Waals surface area contributed by atoms with Gasteiger partial charge in [0.1, 0.15) is 0 Å². The number of halogens is 1. The topological polar surface area (TPSA) is 55.3 Å². The molecule has 1 aromatic heterocycles. The van der Waals surface area contributed by atoms with Gasteiger partial charge < -0.3 is 9.64 Å². The van der Waals surface area contributed by atoms with Crippen molar-refractivity contribution >= 4 is 5.91 Å². The molecule has 1 saturated heterocycles. The lowest BCUT2D eigenvalue weighted by atomic mass is 9.94. The maximum atomic E-state index is 14.0. The van der Waals surface area contributed by atoms with Gasteiger partial charge in [0.2, 0.25) is 0 Å². The molecule has 1 aliphatic rings. The number of carbonyl (C=O) groups is 1. The predicted molar refractivity (Wildman–Crippen MR) is 108 cm³/mol. The molecule has 0 spiro atoms. The summed E-state index contributed by atoms with van der Waals surface area (Å²) in [6.07, 6.45) is 3.59. The largest absolute Gasteiger partial charge is 0.494 e. The third kappa shape index (κ3) is 4.11. The van der Waals surface area contributed by atoms with Gasteiger partial charge in [-0.3, -0.25) is 4.79 Å². The summed E-state index contributed by atoms with van der Waals surface area (Å²) in [5.41, 5.74) is 2.22. The third-order valence-corrected chi connectivity index (χ3v) is 5.23. The third-order valence-electron chi connectivity index (χ3n) is 5.23. The SMILES string of the molecule is COc1ccc(C(=O)N2CCCC(c3ccnc(-c4ccccc4)n3)C2)cc1F. The Morgan fingerprint density at radius 3 is 2.76 bits per heavy atom. The monoisotopic (exact) mass is 391 g/mol. The van der Waals surface area contributed by atoms with Gasteiger partial charge in [-0.1, -0.05) is 30.3 Å². The highest BCUT2D eigenvalue weighted by molar-refractivity contribution is 5.94. The predicted octanol–water partition coefficient (Wildman–Crippen LogP) is 4.31. The highest BCUT2D eigenvalue weighted by atomic mass is 19.1. The number of hydrogen-bond donors (Lipinski definition) is 0. The van der Waals surface area contributed by atoms with E-state index in [2.05, 4.69) is 4.98 Å². The Balaban J connectivity index is 1.53. The molecule has 0 N–H and O–H groups in total. The zero-order valence-corrected chi connectivity index (χ0v) is 16.2. The van der Waals surface area contributed by atoms with E-state index in [9.17, 15) is 9.18 Å². The number of carbonyl (C=O) groups excluding carboxylic acids is 1. The Morgan fingerprint density at radius 2 is 2.00 bits per heavy atom. The number of aromatic nitrogens is 2. The quantitative estimate of drug-likeness (QED) is 0.665. The first-order valence-electron chi connectivity index (χ1n) is 9.67. The molecule has 29 heavy (non-hydrogen) atoms. The van der Waals surface area contributed by atoms with Crippen LogP contribution in [0.25, 0.3) is 11.4 Å². The number of nitrogens with zero attached hydrogens (tertiary/aromatic N) is 3. The van der Waals surface area contributed by atoms with Crippen molar-refractivity contribution in [2.24, 2.45) is 0 Å². The smallest absolute Gasteiger partial charge is 0.253 e. The Kier molecular flexibility index (Phi) is 5.51. The number of amides is 1. The summed E-state index contributed by atoms with van der Waals surface area (Å²) in [5.74, 6) is 0.237. The summed E-state index contributed by atoms with van der Waals surface area (Å²) in [6.45, 7) is 1.21. The van der Waals surface area contributed by atoms with Crippen LogP contribution in [0, 0.1) is 5.82 Å². The van der Waals surface area contributed by atoms with Crippen LogP contribution in [0.5, 0.6) is 5.75 Å². The van der Waals surface area contributed by atoms with Crippen molar-refractivity contribution in [2.75, 3.05) is 20.2 Å². The molecule has 6 heteroatoms. The van der Waals surface area contributed by atoms with Crippen molar-refractivity contribution in [3.05, 3.63) is 77.9 Å². The van der Waals surface area contributed by atoms with Crippen LogP contribution in [0.2, 0.25) is 0 Å². The van der Waals surface area contributed by atoms with Crippen LogP contribution in [0.15, 0.2) is 60.8 Å². The molecule has 0 saturated carbocycles. The van der Waals surface area contributed by atoms with Crippen LogP contribution in [0.1, 0.15) is 34.8 Å². The zero-order valence-electron chi connectivity index (χ0n) is 16.2. The van der Waals surface area contributed by atoms with Gasteiger partial charge in [0, 0.05) is 42.0 Å². The summed E-state index contributed by atoms with van der Waals surface area (Å²) in [4.78, 5) is 23.8. The molecule has 1 atom stereocenters. The summed E-state index contributed by atoms with van der Waals surface area (Å²) in [7, 11) is 1.40. The van der Waals surface area contributed by atoms with E-state index < -0.39 is 5.82 Å². The minimum Gasteiger partial charge on any atom is -0.494 e. The van der Waals surface area contributed by atoms with Crippen molar-refractivity contribution in [3.8, 4) is 17.1 Å². The van der Waals surface area contributed by atoms with Gasteiger partial charge in [0.05, 0.1) is 7.11 Å². The highest BCUT2D eigenvalue weighted by Crippen LogP contribution is 2.28. The summed E-state index contributed by atoms with van der Waals surface area (Å²) >= 11 is 0. The standard InChI is InChI=1S/C23H22FN3O2/c1-29-21-10-9-17(14-19(21)24)23(28)27-13-5-8-18(15-27)20-11-12-25-22(26-20)16-6-3-2-4-7-16/h2-4,6-7,9-12,14,18H,5,8,13,15H2,1H3. The van der Waals surface area contributed by atoms with Crippen molar-refractivity contribution in [1.82, 2.24) is 14.9 Å². The summed E-state index contributed by atoms with van der Waals surface area (Å²) < 4.78 is 18.9. The normalized spacial score (nSPS) is 16.5. The molecule has 1 amide bonds. The van der Waals surface area contributed by atoms with E-state index in [0.717, 1.165) is 24.1 Å². The lowest BCUT2D eigenvalue weighted by Crippen LogP contribution is -2.39. The molecular weight excluding hydrogens is 369 g/mol. The van der Waals surface area contributed by atoms with Crippen LogP contribution in [-0.4, -0.2) is 41.0 Å². The fourth-order valence-corrected chi connectivity index (χ4v) is 3.71. The minimum absolute atomic E-state index is 0.126. The van der Waals surface area contributed by atoms with Gasteiger partial charge in [0.15, 0.2) is 17.4 Å². The van der Waals surface area contributed by atoms with E-state index in [0.29, 0.717) is 24.5 Å². The van der Waals surface area contributed by atoms with E-state index in [1.165, 1.54) is 19.2 Å². The van der Waals surface area contributed by atoms with Gasteiger partial charge >= 0.3 is 0 Å². The van der Waals surface area contributed by atoms with Crippen LogP contribution in [-0.2, 0) is 0 Å². The lowest BCUT2D eigenvalue weighted by molar-refractivity contribution is 0.0705. The first-order valence-corrected chi connectivity index (χ1v) is 9.67. The van der Waals surface area contributed by atoms with Crippen molar-refractivity contribution < 1.29 is 13.9 Å². The number of rotatable bonds is 4. The van der Waals surface area contributed by atoms with Crippen molar-refractivity contribution in [1.29, 1.82) is 0 Å². The van der Waals surface area contributed by atoms with Gasteiger partial charge in [-0.15, -0.1) is 0 Å². The highest BCUT2D eigenvalue weighted by Gasteiger charge is 2.27. The second kappa shape index (κ2) is 8.39. The molecule has 1 aliphatic heterocycles. The Labute approximate surface area is 169 Å². The summed E-state index contributed by atoms with van der Waals surface area (Å²) in [5, 5.41) is 0. The molecular formula is C23H22FN3O2. The minimum atomic E-state index is -0.532. The zero-order chi connectivity index (χ0) is 20.2. The number of likely N-dealkylation sites (tertiary alicyclic amines) is 1. The molecule has 2 heterocycles. The molecule has 4 rings (SSSR count). The first kappa shape index (κ1) is 19.1. The molecule has 2 aromatic carbocycles. The van der Waals surface area contributed by atoms with E-state index >= 15 is 0 Å². The second-order valence-corrected chi connectivity index (χ2v) is 7.11. The Morgan fingerprint density at radius 1 is 1.17 bits per heavy atom. The van der Waals surface area contributed by atoms with Crippen LogP contribution < -0.4 is 4.74 Å². The molecule has 3 aromatic rings. The van der Waals surface area contributed by atoms with Gasteiger partial charge in [-0.25, -0.2) is 14.4 Å². The Hall–Kier alpha value is -3.28. The van der Waals surface area contributed by atoms with Gasteiger partial charge in [0.25, 0.3) is 5.91 Å². The number of piperidine rings is 1. The fraction of sp³-hybridized carbons (Fsp3) is 0.261. The van der Waals surface area contributed by atoms with Crippen molar-refractivity contribution in [3.63, 3.8) is 0 Å². The second-order valence-electron chi connectivity index (χ2n) is 7.11. The number of benzene rings is 2. The number of ether oxygens (including phenoxy) is 1. The number of hydrogen-bond acceptors (Lipinski definition) is 4. The van der Waals surface area contributed by atoms with E-state index in [-0.39, 0.29) is 17.6 Å². The maximum Gasteiger partial charge on any atom is 0.253 e. The molecule has 0 aliphatic carbocycles. The molecule has 1 unspecified atom stereocenters. The van der Waals surface area contributed by atoms with E-state index in [1.54, 1.807) is 17.2 Å². The van der Waals surface area contributed by atoms with Crippen LogP contribution >= 0.6 is 0 Å². The van der Waals surface area contributed by atoms with E-state index in [1.807, 2.05) is 36.4 Å². The van der Waals surface area contributed by atoms with Crippen LogP contribution in [0.3, 0.4) is 0 Å². The van der Waals surface area contributed by atoms with E-state index in [4.69, 9.17) is 9.72 Å². The first-order chi connectivity index (χ1) is 14.2. The summed E-state index contributed by atoms with van der Waals surface area (Å²) in [6, 6.07) is 16.1. The molecule has 148 valence electrons. The molecule has 0 bridgehead atoms. The average Bonchev–Trinajstić information content (AvgIpc) is 2.79.